The quantitative estimate of drug-likeness (QED) is 0.852. The van der Waals surface area contributed by atoms with Gasteiger partial charge in [0.25, 0.3) is 0 Å². The van der Waals surface area contributed by atoms with Gasteiger partial charge in [0.1, 0.15) is 0 Å². The zero-order valence-electron chi connectivity index (χ0n) is 12.9. The van der Waals surface area contributed by atoms with Crippen molar-refractivity contribution in [1.29, 1.82) is 0 Å². The third-order valence-corrected chi connectivity index (χ3v) is 5.51. The molecule has 1 aliphatic rings. The average molecular weight is 334 g/mol. The number of sulfone groups is 1. The molecular formula is C15H18N4O3S. The lowest BCUT2D eigenvalue weighted by molar-refractivity contribution is 0.190. The van der Waals surface area contributed by atoms with Crippen molar-refractivity contribution in [3.8, 4) is 11.3 Å². The van der Waals surface area contributed by atoms with Crippen LogP contribution in [-0.4, -0.2) is 52.1 Å². The monoisotopic (exact) mass is 334 g/mol. The Hall–Kier alpha value is -2.06. The fourth-order valence-corrected chi connectivity index (χ4v) is 4.41. The molecule has 3 rings (SSSR count). The summed E-state index contributed by atoms with van der Waals surface area (Å²) in [5.41, 5.74) is 3.37. The predicted octanol–water partition coefficient (Wildman–Crippen LogP) is 0.725. The second-order valence-electron chi connectivity index (χ2n) is 5.75. The number of nitrogens with one attached hydrogen (secondary N) is 1. The molecule has 2 atom stereocenters. The molecule has 7 nitrogen and oxygen atoms in total. The number of rotatable bonds is 3. The summed E-state index contributed by atoms with van der Waals surface area (Å²) in [4.78, 5) is 12.9. The normalized spacial score (nSPS) is 22.9. The number of aromatic nitrogens is 3. The molecule has 2 aromatic rings. The second kappa shape index (κ2) is 5.86. The first-order valence-electron chi connectivity index (χ1n) is 7.27. The highest BCUT2D eigenvalue weighted by molar-refractivity contribution is 7.91. The number of hydrogen-bond donors (Lipinski definition) is 2. The van der Waals surface area contributed by atoms with E-state index in [2.05, 4.69) is 20.3 Å². The summed E-state index contributed by atoms with van der Waals surface area (Å²) in [6.45, 7) is 3.83. The van der Waals surface area contributed by atoms with Crippen LogP contribution in [-0.2, 0) is 9.84 Å². The van der Waals surface area contributed by atoms with Crippen LogP contribution in [0.2, 0.25) is 0 Å². The Balaban J connectivity index is 1.86. The van der Waals surface area contributed by atoms with E-state index < -0.39 is 22.0 Å². The van der Waals surface area contributed by atoms with E-state index in [9.17, 15) is 13.5 Å². The molecule has 1 saturated heterocycles. The molecule has 1 fully saturated rings. The van der Waals surface area contributed by atoms with E-state index >= 15 is 0 Å². The maximum atomic E-state index is 11.6. The van der Waals surface area contributed by atoms with Crippen molar-refractivity contribution in [3.63, 3.8) is 0 Å². The Morgan fingerprint density at radius 2 is 1.96 bits per heavy atom. The maximum absolute atomic E-state index is 11.6. The third kappa shape index (κ3) is 3.48. The highest BCUT2D eigenvalue weighted by atomic mass is 32.2. The molecule has 2 N–H and O–H groups in total. The van der Waals surface area contributed by atoms with Gasteiger partial charge in [-0.05, 0) is 32.0 Å². The number of pyridine rings is 1. The van der Waals surface area contributed by atoms with Gasteiger partial charge in [-0.2, -0.15) is 0 Å². The van der Waals surface area contributed by atoms with E-state index in [0.29, 0.717) is 11.6 Å². The summed E-state index contributed by atoms with van der Waals surface area (Å²) < 4.78 is 23.1. The van der Waals surface area contributed by atoms with Crippen LogP contribution >= 0.6 is 0 Å². The summed E-state index contributed by atoms with van der Waals surface area (Å²) in [6, 6.07) is 5.03. The smallest absolute Gasteiger partial charge is 0.223 e. The Morgan fingerprint density at radius 1 is 1.17 bits per heavy atom. The first-order valence-corrected chi connectivity index (χ1v) is 9.09. The van der Waals surface area contributed by atoms with Gasteiger partial charge < -0.3 is 10.4 Å². The largest absolute Gasteiger partial charge is 0.390 e. The first kappa shape index (κ1) is 15.8. The van der Waals surface area contributed by atoms with Crippen LogP contribution in [0.5, 0.6) is 0 Å². The van der Waals surface area contributed by atoms with Gasteiger partial charge in [-0.25, -0.2) is 18.4 Å². The van der Waals surface area contributed by atoms with Crippen molar-refractivity contribution in [1.82, 2.24) is 15.0 Å². The standard InChI is InChI=1S/C15H18N4O3S/c1-9-3-4-11(10(2)17-9)12-5-6-16-15(18-12)19-13-7-23(21,22)8-14(13)20/h3-6,13-14,20H,7-8H2,1-2H3,(H,16,18,19)/t13-,14-/m1/s1. The van der Waals surface area contributed by atoms with Crippen molar-refractivity contribution >= 4 is 15.8 Å². The number of aliphatic hydroxyl groups excluding tert-OH is 1. The van der Waals surface area contributed by atoms with Crippen LogP contribution in [0.3, 0.4) is 0 Å². The summed E-state index contributed by atoms with van der Waals surface area (Å²) in [5, 5.41) is 12.8. The van der Waals surface area contributed by atoms with E-state index in [4.69, 9.17) is 0 Å². The molecule has 0 saturated carbocycles. The Labute approximate surface area is 134 Å². The van der Waals surface area contributed by atoms with E-state index in [1.165, 1.54) is 0 Å². The maximum Gasteiger partial charge on any atom is 0.223 e. The van der Waals surface area contributed by atoms with Crippen LogP contribution < -0.4 is 5.32 Å². The summed E-state index contributed by atoms with van der Waals surface area (Å²) >= 11 is 0. The van der Waals surface area contributed by atoms with Gasteiger partial charge in [-0.3, -0.25) is 4.98 Å². The molecular weight excluding hydrogens is 316 g/mol. The fraction of sp³-hybridized carbons (Fsp3) is 0.400. The molecule has 3 heterocycles. The molecule has 0 bridgehead atoms. The molecule has 23 heavy (non-hydrogen) atoms. The molecule has 0 aliphatic carbocycles. The Kier molecular flexibility index (Phi) is 4.03. The van der Waals surface area contributed by atoms with E-state index in [0.717, 1.165) is 17.0 Å². The summed E-state index contributed by atoms with van der Waals surface area (Å²) in [6.07, 6.45) is 0.648. The molecule has 122 valence electrons. The van der Waals surface area contributed by atoms with Crippen LogP contribution in [0.4, 0.5) is 5.95 Å². The van der Waals surface area contributed by atoms with E-state index in [1.54, 1.807) is 12.3 Å². The van der Waals surface area contributed by atoms with Gasteiger partial charge in [0.05, 0.1) is 29.3 Å². The van der Waals surface area contributed by atoms with Gasteiger partial charge in [0, 0.05) is 23.1 Å². The van der Waals surface area contributed by atoms with Crippen LogP contribution in [0.15, 0.2) is 24.4 Å². The van der Waals surface area contributed by atoms with Crippen molar-refractivity contribution in [2.75, 3.05) is 16.8 Å². The van der Waals surface area contributed by atoms with Crippen molar-refractivity contribution in [3.05, 3.63) is 35.8 Å². The summed E-state index contributed by atoms with van der Waals surface area (Å²) in [5.74, 6) is -0.0540. The highest BCUT2D eigenvalue weighted by Crippen LogP contribution is 2.22. The predicted molar refractivity (Wildman–Crippen MR) is 86.8 cm³/mol. The molecule has 0 spiro atoms. The first-order chi connectivity index (χ1) is 10.8. The van der Waals surface area contributed by atoms with Crippen LogP contribution in [0.1, 0.15) is 11.4 Å². The minimum atomic E-state index is -3.22. The van der Waals surface area contributed by atoms with Crippen LogP contribution in [0.25, 0.3) is 11.3 Å². The zero-order valence-corrected chi connectivity index (χ0v) is 13.7. The number of anilines is 1. The number of hydrogen-bond acceptors (Lipinski definition) is 7. The Morgan fingerprint density at radius 3 is 2.61 bits per heavy atom. The van der Waals surface area contributed by atoms with Gasteiger partial charge in [-0.15, -0.1) is 0 Å². The molecule has 0 unspecified atom stereocenters. The van der Waals surface area contributed by atoms with Gasteiger partial charge in [0.2, 0.25) is 5.95 Å². The van der Waals surface area contributed by atoms with Crippen molar-refractivity contribution in [2.45, 2.75) is 26.0 Å². The molecule has 0 aromatic carbocycles. The molecule has 2 aromatic heterocycles. The van der Waals surface area contributed by atoms with Gasteiger partial charge >= 0.3 is 0 Å². The Bertz CT molecular complexity index is 838. The van der Waals surface area contributed by atoms with Gasteiger partial charge in [0.15, 0.2) is 9.84 Å². The molecule has 8 heteroatoms. The summed E-state index contributed by atoms with van der Waals surface area (Å²) in [7, 11) is -3.22. The van der Waals surface area contributed by atoms with E-state index in [1.807, 2.05) is 26.0 Å². The zero-order chi connectivity index (χ0) is 16.6. The van der Waals surface area contributed by atoms with Gasteiger partial charge in [-0.1, -0.05) is 0 Å². The lowest BCUT2D eigenvalue weighted by Gasteiger charge is -2.15. The number of aliphatic hydroxyl groups is 1. The second-order valence-corrected chi connectivity index (χ2v) is 7.90. The minimum Gasteiger partial charge on any atom is -0.390 e. The van der Waals surface area contributed by atoms with E-state index in [-0.39, 0.29) is 11.5 Å². The lowest BCUT2D eigenvalue weighted by Crippen LogP contribution is -2.32. The highest BCUT2D eigenvalue weighted by Gasteiger charge is 2.36. The number of nitrogens with zero attached hydrogens (tertiary/aromatic N) is 3. The molecule has 0 amide bonds. The minimum absolute atomic E-state index is 0.118. The SMILES string of the molecule is Cc1ccc(-c2ccnc(N[C@@H]3CS(=O)(=O)C[C@H]3O)n2)c(C)n1. The molecule has 0 radical (unpaired) electrons. The van der Waals surface area contributed by atoms with Crippen molar-refractivity contribution in [2.24, 2.45) is 0 Å². The molecule has 1 aliphatic heterocycles. The van der Waals surface area contributed by atoms with Crippen LogP contribution in [0, 0.1) is 13.8 Å². The van der Waals surface area contributed by atoms with Crippen molar-refractivity contribution < 1.29 is 13.5 Å². The lowest BCUT2D eigenvalue weighted by atomic mass is 10.1. The fourth-order valence-electron chi connectivity index (χ4n) is 2.67. The number of aryl methyl sites for hydroxylation is 2. The average Bonchev–Trinajstić information content (AvgIpc) is 2.71. The third-order valence-electron chi connectivity index (χ3n) is 3.79. The topological polar surface area (TPSA) is 105 Å².